The molecule has 0 rings (SSSR count). The van der Waals surface area contributed by atoms with Crippen LogP contribution in [0.15, 0.2) is 12.2 Å². The molecule has 0 spiro atoms. The Morgan fingerprint density at radius 1 is 1.00 bits per heavy atom. The molecular formula is C14H23NO4S. The predicted octanol–water partition coefficient (Wildman–Crippen LogP) is 2.36. The van der Waals surface area contributed by atoms with Crippen LogP contribution in [-0.4, -0.2) is 34.4 Å². The van der Waals surface area contributed by atoms with Crippen molar-refractivity contribution in [2.45, 2.75) is 45.4 Å². The Hall–Kier alpha value is -1.30. The summed E-state index contributed by atoms with van der Waals surface area (Å²) in [4.78, 5) is 32.0. The maximum Gasteiger partial charge on any atom is 0.328 e. The van der Waals surface area contributed by atoms with Crippen molar-refractivity contribution in [2.24, 2.45) is 0 Å². The number of amides is 1. The van der Waals surface area contributed by atoms with E-state index in [4.69, 9.17) is 5.11 Å². The lowest BCUT2D eigenvalue weighted by Gasteiger charge is -2.03. The zero-order chi connectivity index (χ0) is 15.2. The first-order valence-corrected chi connectivity index (χ1v) is 7.83. The number of unbranched alkanes of at least 4 members (excludes halogenated alkanes) is 5. The third-order valence-corrected chi connectivity index (χ3v) is 3.45. The Morgan fingerprint density at radius 2 is 1.60 bits per heavy atom. The summed E-state index contributed by atoms with van der Waals surface area (Å²) in [6.45, 7) is 2.16. The summed E-state index contributed by atoms with van der Waals surface area (Å²) in [7, 11) is 0. The van der Waals surface area contributed by atoms with Gasteiger partial charge in [0.15, 0.2) is 5.12 Å². The van der Waals surface area contributed by atoms with E-state index in [2.05, 4.69) is 5.32 Å². The first-order chi connectivity index (χ1) is 9.52. The van der Waals surface area contributed by atoms with Gasteiger partial charge in [-0.3, -0.25) is 9.59 Å². The summed E-state index contributed by atoms with van der Waals surface area (Å²) in [6, 6.07) is 0. The Bertz CT molecular complexity index is 342. The lowest BCUT2D eigenvalue weighted by atomic mass is 10.1. The molecule has 0 saturated heterocycles. The monoisotopic (exact) mass is 301 g/mol. The molecule has 2 N–H and O–H groups in total. The Morgan fingerprint density at radius 3 is 2.20 bits per heavy atom. The summed E-state index contributed by atoms with van der Waals surface area (Å²) < 4.78 is 0. The Labute approximate surface area is 124 Å². The number of carboxylic acids is 1. The van der Waals surface area contributed by atoms with E-state index in [9.17, 15) is 14.4 Å². The van der Waals surface area contributed by atoms with Crippen LogP contribution in [0.1, 0.15) is 45.4 Å². The molecule has 0 aliphatic rings. The molecule has 114 valence electrons. The van der Waals surface area contributed by atoms with Crippen LogP contribution >= 0.6 is 11.8 Å². The number of aliphatic carboxylic acids is 1. The highest BCUT2D eigenvalue weighted by Gasteiger charge is 1.97. The summed E-state index contributed by atoms with van der Waals surface area (Å²) in [5.74, 6) is -0.585. The van der Waals surface area contributed by atoms with Crippen molar-refractivity contribution in [1.29, 1.82) is 0 Å². The van der Waals surface area contributed by atoms with Crippen LogP contribution in [0.2, 0.25) is 0 Å². The van der Waals surface area contributed by atoms with Gasteiger partial charge in [-0.2, -0.15) is 0 Å². The van der Waals surface area contributed by atoms with Gasteiger partial charge in [-0.1, -0.05) is 37.4 Å². The van der Waals surface area contributed by atoms with E-state index in [0.29, 0.717) is 6.54 Å². The molecule has 5 nitrogen and oxygen atoms in total. The van der Waals surface area contributed by atoms with E-state index in [1.165, 1.54) is 11.8 Å². The third kappa shape index (κ3) is 14.8. The van der Waals surface area contributed by atoms with Gasteiger partial charge in [0.05, 0.1) is 0 Å². The smallest absolute Gasteiger partial charge is 0.328 e. The van der Waals surface area contributed by atoms with E-state index < -0.39 is 5.97 Å². The van der Waals surface area contributed by atoms with Crippen LogP contribution in [0.4, 0.5) is 0 Å². The van der Waals surface area contributed by atoms with Crippen LogP contribution < -0.4 is 5.32 Å². The molecule has 0 heterocycles. The van der Waals surface area contributed by atoms with Gasteiger partial charge in [-0.05, 0) is 12.8 Å². The largest absolute Gasteiger partial charge is 0.478 e. The maximum atomic E-state index is 11.1. The molecule has 0 unspecified atom stereocenters. The van der Waals surface area contributed by atoms with E-state index >= 15 is 0 Å². The van der Waals surface area contributed by atoms with Crippen LogP contribution in [0, 0.1) is 0 Å². The summed E-state index contributed by atoms with van der Waals surface area (Å²) in [6.07, 6.45) is 8.26. The molecule has 0 aliphatic carbocycles. The van der Waals surface area contributed by atoms with Gasteiger partial charge >= 0.3 is 5.97 Å². The molecule has 0 fully saturated rings. The minimum Gasteiger partial charge on any atom is -0.478 e. The van der Waals surface area contributed by atoms with E-state index in [-0.39, 0.29) is 11.0 Å². The van der Waals surface area contributed by atoms with E-state index in [1.54, 1.807) is 6.92 Å². The standard InChI is InChI=1S/C14H23NO4S/c1-12(16)20-11-7-5-3-2-4-6-10-15-13(17)8-9-14(18)19/h8-9H,2-7,10-11H2,1H3,(H,15,17)(H,18,19)/b9-8+. The Kier molecular flexibility index (Phi) is 11.9. The third-order valence-electron chi connectivity index (χ3n) is 2.55. The molecule has 0 aromatic carbocycles. The minimum absolute atomic E-state index is 0.178. The number of carbonyl (C=O) groups excluding carboxylic acids is 2. The molecule has 0 saturated carbocycles. The minimum atomic E-state index is -1.12. The number of hydrogen-bond acceptors (Lipinski definition) is 4. The van der Waals surface area contributed by atoms with E-state index in [1.807, 2.05) is 0 Å². The molecule has 0 aromatic heterocycles. The molecule has 6 heteroatoms. The fraction of sp³-hybridized carbons (Fsp3) is 0.643. The van der Waals surface area contributed by atoms with E-state index in [0.717, 1.165) is 56.4 Å². The van der Waals surface area contributed by atoms with Gasteiger partial charge in [0, 0.05) is 31.4 Å². The normalized spacial score (nSPS) is 10.7. The molecule has 20 heavy (non-hydrogen) atoms. The first kappa shape index (κ1) is 18.7. The molecule has 0 atom stereocenters. The SMILES string of the molecule is CC(=O)SCCCCCCCCNC(=O)/C=C/C(=O)O. The van der Waals surface area contributed by atoms with Crippen LogP contribution in [0.5, 0.6) is 0 Å². The second kappa shape index (κ2) is 12.7. The van der Waals surface area contributed by atoms with Gasteiger partial charge in [0.1, 0.15) is 0 Å². The number of hydrogen-bond donors (Lipinski definition) is 2. The maximum absolute atomic E-state index is 11.1. The average Bonchev–Trinajstić information content (AvgIpc) is 2.38. The molecule has 0 radical (unpaired) electrons. The van der Waals surface area contributed by atoms with Crippen molar-refractivity contribution < 1.29 is 19.5 Å². The summed E-state index contributed by atoms with van der Waals surface area (Å²) >= 11 is 1.38. The van der Waals surface area contributed by atoms with Crippen molar-refractivity contribution in [3.05, 3.63) is 12.2 Å². The second-order valence-corrected chi connectivity index (χ2v) is 5.70. The van der Waals surface area contributed by atoms with Gasteiger partial charge in [-0.25, -0.2) is 4.79 Å². The second-order valence-electron chi connectivity index (χ2n) is 4.42. The first-order valence-electron chi connectivity index (χ1n) is 6.84. The Balaban J connectivity index is 3.26. The number of carbonyl (C=O) groups is 3. The average molecular weight is 301 g/mol. The van der Waals surface area contributed by atoms with Crippen LogP contribution in [0.3, 0.4) is 0 Å². The number of thioether (sulfide) groups is 1. The topological polar surface area (TPSA) is 83.5 Å². The molecular weight excluding hydrogens is 278 g/mol. The zero-order valence-electron chi connectivity index (χ0n) is 11.9. The zero-order valence-corrected chi connectivity index (χ0v) is 12.7. The fourth-order valence-electron chi connectivity index (χ4n) is 1.57. The van der Waals surface area contributed by atoms with Crippen LogP contribution in [0.25, 0.3) is 0 Å². The van der Waals surface area contributed by atoms with Crippen molar-refractivity contribution in [3.8, 4) is 0 Å². The van der Waals surface area contributed by atoms with Gasteiger partial charge in [-0.15, -0.1) is 0 Å². The molecule has 0 aromatic rings. The molecule has 1 amide bonds. The molecule has 0 aliphatic heterocycles. The van der Waals surface area contributed by atoms with Gasteiger partial charge < -0.3 is 10.4 Å². The summed E-state index contributed by atoms with van der Waals surface area (Å²) in [5, 5.41) is 11.1. The number of nitrogens with one attached hydrogen (secondary N) is 1. The van der Waals surface area contributed by atoms with Crippen molar-refractivity contribution >= 4 is 28.8 Å². The van der Waals surface area contributed by atoms with Gasteiger partial charge in [0.2, 0.25) is 5.91 Å². The molecule has 0 bridgehead atoms. The number of carboxylic acid groups (broad SMARTS) is 1. The van der Waals surface area contributed by atoms with Crippen molar-refractivity contribution in [3.63, 3.8) is 0 Å². The quantitative estimate of drug-likeness (QED) is 0.452. The predicted molar refractivity (Wildman–Crippen MR) is 80.6 cm³/mol. The van der Waals surface area contributed by atoms with Gasteiger partial charge in [0.25, 0.3) is 0 Å². The highest BCUT2D eigenvalue weighted by atomic mass is 32.2. The fourth-order valence-corrected chi connectivity index (χ4v) is 2.20. The lowest BCUT2D eigenvalue weighted by molar-refractivity contribution is -0.131. The highest BCUT2D eigenvalue weighted by molar-refractivity contribution is 8.13. The van der Waals surface area contributed by atoms with Crippen molar-refractivity contribution in [2.75, 3.05) is 12.3 Å². The van der Waals surface area contributed by atoms with Crippen molar-refractivity contribution in [1.82, 2.24) is 5.32 Å². The number of rotatable bonds is 11. The summed E-state index contributed by atoms with van der Waals surface area (Å²) in [5.41, 5.74) is 0. The lowest BCUT2D eigenvalue weighted by Crippen LogP contribution is -2.22. The highest BCUT2D eigenvalue weighted by Crippen LogP contribution is 2.09. The van der Waals surface area contributed by atoms with Crippen LogP contribution in [-0.2, 0) is 14.4 Å².